The van der Waals surface area contributed by atoms with Gasteiger partial charge in [-0.2, -0.15) is 5.10 Å². The number of aromatic nitrogens is 2. The molecule has 2 heterocycles. The SMILES string of the molecule is CCc1ccc(-n2nc(-c3ccc4ccccc4c3)c3c2NCCCC3)cc1. The van der Waals surface area contributed by atoms with E-state index in [9.17, 15) is 0 Å². The Bertz CT molecular complexity index is 1120. The molecular weight excluding hydrogens is 342 g/mol. The molecule has 0 unspecified atom stereocenters. The second-order valence-electron chi connectivity index (χ2n) is 7.55. The maximum Gasteiger partial charge on any atom is 0.133 e. The third-order valence-corrected chi connectivity index (χ3v) is 5.74. The summed E-state index contributed by atoms with van der Waals surface area (Å²) in [6.07, 6.45) is 4.51. The highest BCUT2D eigenvalue weighted by Crippen LogP contribution is 2.35. The molecule has 0 aliphatic carbocycles. The Hall–Kier alpha value is -3.07. The Kier molecular flexibility index (Phi) is 4.36. The van der Waals surface area contributed by atoms with Crippen LogP contribution >= 0.6 is 0 Å². The second-order valence-corrected chi connectivity index (χ2v) is 7.55. The second kappa shape index (κ2) is 7.16. The van der Waals surface area contributed by atoms with E-state index in [1.807, 2.05) is 0 Å². The van der Waals surface area contributed by atoms with E-state index in [-0.39, 0.29) is 0 Å². The van der Waals surface area contributed by atoms with Crippen molar-refractivity contribution in [2.75, 3.05) is 11.9 Å². The average molecular weight is 367 g/mol. The highest BCUT2D eigenvalue weighted by molar-refractivity contribution is 5.87. The minimum absolute atomic E-state index is 1.00. The Morgan fingerprint density at radius 2 is 1.75 bits per heavy atom. The predicted molar refractivity (Wildman–Crippen MR) is 117 cm³/mol. The summed E-state index contributed by atoms with van der Waals surface area (Å²) in [5, 5.41) is 11.3. The average Bonchev–Trinajstić information content (AvgIpc) is 2.94. The number of hydrogen-bond donors (Lipinski definition) is 1. The molecule has 1 aromatic heterocycles. The lowest BCUT2D eigenvalue weighted by Crippen LogP contribution is -2.07. The first-order chi connectivity index (χ1) is 13.8. The summed E-state index contributed by atoms with van der Waals surface area (Å²) in [7, 11) is 0. The van der Waals surface area contributed by atoms with E-state index in [4.69, 9.17) is 5.10 Å². The molecule has 140 valence electrons. The fourth-order valence-electron chi connectivity index (χ4n) is 4.13. The number of aryl methyl sites for hydroxylation is 1. The zero-order valence-corrected chi connectivity index (χ0v) is 16.3. The highest BCUT2D eigenvalue weighted by Gasteiger charge is 2.21. The van der Waals surface area contributed by atoms with Crippen LogP contribution in [0.25, 0.3) is 27.7 Å². The van der Waals surface area contributed by atoms with E-state index in [0.29, 0.717) is 0 Å². The first-order valence-corrected chi connectivity index (χ1v) is 10.3. The Morgan fingerprint density at radius 1 is 0.929 bits per heavy atom. The molecule has 0 atom stereocenters. The van der Waals surface area contributed by atoms with Gasteiger partial charge in [0.1, 0.15) is 5.82 Å². The maximum atomic E-state index is 5.09. The van der Waals surface area contributed by atoms with Gasteiger partial charge in [0, 0.05) is 17.7 Å². The number of anilines is 1. The van der Waals surface area contributed by atoms with Gasteiger partial charge in [-0.25, -0.2) is 4.68 Å². The molecule has 0 bridgehead atoms. The molecule has 3 nitrogen and oxygen atoms in total. The largest absolute Gasteiger partial charge is 0.370 e. The third-order valence-electron chi connectivity index (χ3n) is 5.74. The molecule has 3 heteroatoms. The van der Waals surface area contributed by atoms with Crippen LogP contribution in [0.2, 0.25) is 0 Å². The summed E-state index contributed by atoms with van der Waals surface area (Å²) in [4.78, 5) is 0. The van der Waals surface area contributed by atoms with Crippen molar-refractivity contribution in [3.8, 4) is 16.9 Å². The lowest BCUT2D eigenvalue weighted by molar-refractivity contribution is 0.780. The van der Waals surface area contributed by atoms with Crippen LogP contribution in [0.1, 0.15) is 30.9 Å². The zero-order valence-electron chi connectivity index (χ0n) is 16.3. The summed E-state index contributed by atoms with van der Waals surface area (Å²) >= 11 is 0. The number of hydrogen-bond acceptors (Lipinski definition) is 2. The standard InChI is InChI=1S/C25H25N3/c1-2-18-10-14-22(15-11-18)28-25-23(9-5-6-16-26-25)24(27-28)21-13-12-19-7-3-4-8-20(19)17-21/h3-4,7-8,10-15,17,26H,2,5-6,9,16H2,1H3. The van der Waals surface area contributed by atoms with E-state index in [2.05, 4.69) is 83.7 Å². The van der Waals surface area contributed by atoms with Crippen molar-refractivity contribution < 1.29 is 0 Å². The predicted octanol–water partition coefficient (Wildman–Crippen LogP) is 6.00. The third kappa shape index (κ3) is 2.97. The van der Waals surface area contributed by atoms with Gasteiger partial charge in [-0.3, -0.25) is 0 Å². The van der Waals surface area contributed by atoms with Gasteiger partial charge < -0.3 is 5.32 Å². The lowest BCUT2D eigenvalue weighted by Gasteiger charge is -2.09. The fourth-order valence-corrected chi connectivity index (χ4v) is 4.13. The van der Waals surface area contributed by atoms with Gasteiger partial charge in [-0.05, 0) is 60.2 Å². The Labute approximate surface area is 166 Å². The number of rotatable bonds is 3. The normalized spacial score (nSPS) is 13.8. The zero-order chi connectivity index (χ0) is 18.9. The fraction of sp³-hybridized carbons (Fsp3) is 0.240. The minimum Gasteiger partial charge on any atom is -0.370 e. The van der Waals surface area contributed by atoms with Crippen molar-refractivity contribution in [2.24, 2.45) is 0 Å². The number of fused-ring (bicyclic) bond motifs is 2. The maximum absolute atomic E-state index is 5.09. The molecular formula is C25H25N3. The molecule has 0 radical (unpaired) electrons. The van der Waals surface area contributed by atoms with Gasteiger partial charge in [0.15, 0.2) is 0 Å². The van der Waals surface area contributed by atoms with E-state index in [0.717, 1.165) is 36.6 Å². The van der Waals surface area contributed by atoms with Crippen LogP contribution in [-0.2, 0) is 12.8 Å². The van der Waals surface area contributed by atoms with Crippen molar-refractivity contribution in [3.05, 3.63) is 77.9 Å². The van der Waals surface area contributed by atoms with Gasteiger partial charge in [-0.15, -0.1) is 0 Å². The molecule has 1 aliphatic heterocycles. The molecule has 4 aromatic rings. The van der Waals surface area contributed by atoms with Gasteiger partial charge in [0.2, 0.25) is 0 Å². The van der Waals surface area contributed by atoms with Crippen molar-refractivity contribution in [3.63, 3.8) is 0 Å². The number of nitrogens with one attached hydrogen (secondary N) is 1. The van der Waals surface area contributed by atoms with Crippen LogP contribution in [0, 0.1) is 0 Å². The molecule has 0 saturated carbocycles. The number of nitrogens with zero attached hydrogens (tertiary/aromatic N) is 2. The van der Waals surface area contributed by atoms with E-state index in [1.54, 1.807) is 0 Å². The van der Waals surface area contributed by atoms with Gasteiger partial charge in [-0.1, -0.05) is 55.5 Å². The summed E-state index contributed by atoms with van der Waals surface area (Å²) in [6, 6.07) is 24.0. The number of benzene rings is 3. The quantitative estimate of drug-likeness (QED) is 0.481. The topological polar surface area (TPSA) is 29.9 Å². The van der Waals surface area contributed by atoms with Crippen LogP contribution in [0.4, 0.5) is 5.82 Å². The molecule has 3 aromatic carbocycles. The van der Waals surface area contributed by atoms with Crippen molar-refractivity contribution in [1.29, 1.82) is 0 Å². The van der Waals surface area contributed by atoms with Gasteiger partial charge in [0.05, 0.1) is 11.4 Å². The molecule has 0 fully saturated rings. The lowest BCUT2D eigenvalue weighted by atomic mass is 10.0. The Balaban J connectivity index is 1.67. The summed E-state index contributed by atoms with van der Waals surface area (Å²) < 4.78 is 2.10. The molecule has 0 amide bonds. The van der Waals surface area contributed by atoms with Crippen LogP contribution in [0.15, 0.2) is 66.7 Å². The molecule has 0 saturated heterocycles. The molecule has 0 spiro atoms. The van der Waals surface area contributed by atoms with Crippen molar-refractivity contribution in [2.45, 2.75) is 32.6 Å². The minimum atomic E-state index is 1.00. The summed E-state index contributed by atoms with van der Waals surface area (Å²) in [5.41, 5.74) is 6.12. The summed E-state index contributed by atoms with van der Waals surface area (Å²) in [5.74, 6) is 1.16. The van der Waals surface area contributed by atoms with Crippen molar-refractivity contribution >= 4 is 16.6 Å². The van der Waals surface area contributed by atoms with E-state index < -0.39 is 0 Å². The summed E-state index contributed by atoms with van der Waals surface area (Å²) in [6.45, 7) is 3.19. The van der Waals surface area contributed by atoms with Crippen LogP contribution in [0.5, 0.6) is 0 Å². The van der Waals surface area contributed by atoms with Gasteiger partial charge in [0.25, 0.3) is 0 Å². The molecule has 1 N–H and O–H groups in total. The highest BCUT2D eigenvalue weighted by atomic mass is 15.3. The monoisotopic (exact) mass is 367 g/mol. The smallest absolute Gasteiger partial charge is 0.133 e. The molecule has 28 heavy (non-hydrogen) atoms. The van der Waals surface area contributed by atoms with Crippen LogP contribution < -0.4 is 5.32 Å². The first-order valence-electron chi connectivity index (χ1n) is 10.3. The van der Waals surface area contributed by atoms with Gasteiger partial charge >= 0.3 is 0 Å². The molecule has 5 rings (SSSR count). The van der Waals surface area contributed by atoms with E-state index in [1.165, 1.54) is 40.3 Å². The first kappa shape index (κ1) is 17.1. The van der Waals surface area contributed by atoms with E-state index >= 15 is 0 Å². The molecule has 1 aliphatic rings. The van der Waals surface area contributed by atoms with Crippen LogP contribution in [0.3, 0.4) is 0 Å². The van der Waals surface area contributed by atoms with Crippen LogP contribution in [-0.4, -0.2) is 16.3 Å². The Morgan fingerprint density at radius 3 is 2.57 bits per heavy atom. The van der Waals surface area contributed by atoms with Crippen molar-refractivity contribution in [1.82, 2.24) is 9.78 Å².